The number of nitrogens with zero attached hydrogens (tertiary/aromatic N) is 1. The van der Waals surface area contributed by atoms with Crippen molar-refractivity contribution >= 4 is 27.6 Å². The molecular weight excluding hydrogens is 359 g/mol. The molecule has 0 aromatic heterocycles. The maximum Gasteiger partial charge on any atom is 0.416 e. The lowest BCUT2D eigenvalue weighted by Gasteiger charge is -2.21. The van der Waals surface area contributed by atoms with E-state index in [4.69, 9.17) is 11.6 Å². The number of rotatable bonds is 6. The van der Waals surface area contributed by atoms with Crippen LogP contribution in [0.3, 0.4) is 0 Å². The van der Waals surface area contributed by atoms with Crippen LogP contribution in [0.15, 0.2) is 23.1 Å². The summed E-state index contributed by atoms with van der Waals surface area (Å²) in [6.45, 7) is 2.30. The second-order valence-corrected chi connectivity index (χ2v) is 6.69. The largest absolute Gasteiger partial charge is 0.465 e. The zero-order valence-corrected chi connectivity index (χ0v) is 13.9. The van der Waals surface area contributed by atoms with Crippen LogP contribution in [0, 0.1) is 0 Å². The number of halogens is 4. The van der Waals surface area contributed by atoms with E-state index in [1.165, 1.54) is 6.92 Å². The van der Waals surface area contributed by atoms with Gasteiger partial charge in [-0.25, -0.2) is 8.42 Å². The number of esters is 1. The molecule has 10 heteroatoms. The average Bonchev–Trinajstić information content (AvgIpc) is 2.43. The molecule has 0 radical (unpaired) electrons. The third-order valence-electron chi connectivity index (χ3n) is 2.84. The molecule has 0 aliphatic rings. The van der Waals surface area contributed by atoms with Crippen LogP contribution >= 0.6 is 11.6 Å². The standard InChI is InChI=1S/C13H15ClF3NO4S/c1-3-18(8-12(19)22-4-2)23(20,21)11-7-9(13(15,16)17)5-6-10(11)14/h5-7H,3-4,8H2,1-2H3. The van der Waals surface area contributed by atoms with Crippen molar-refractivity contribution in [2.24, 2.45) is 0 Å². The molecule has 0 amide bonds. The van der Waals surface area contributed by atoms with Crippen LogP contribution < -0.4 is 0 Å². The first-order chi connectivity index (χ1) is 10.5. The van der Waals surface area contributed by atoms with Gasteiger partial charge in [0.2, 0.25) is 10.0 Å². The Labute approximate surface area is 137 Å². The second kappa shape index (κ2) is 7.50. The fraction of sp³-hybridized carbons (Fsp3) is 0.462. The number of sulfonamides is 1. The van der Waals surface area contributed by atoms with E-state index in [9.17, 15) is 26.4 Å². The lowest BCUT2D eigenvalue weighted by Crippen LogP contribution is -2.36. The van der Waals surface area contributed by atoms with Gasteiger partial charge in [-0.3, -0.25) is 4.79 Å². The number of carbonyl (C=O) groups is 1. The molecule has 5 nitrogen and oxygen atoms in total. The Morgan fingerprint density at radius 1 is 1.30 bits per heavy atom. The number of carbonyl (C=O) groups excluding carboxylic acids is 1. The summed E-state index contributed by atoms with van der Waals surface area (Å²) in [6.07, 6.45) is -4.72. The van der Waals surface area contributed by atoms with Crippen molar-refractivity contribution in [2.75, 3.05) is 19.7 Å². The molecule has 0 atom stereocenters. The SMILES string of the molecule is CCOC(=O)CN(CC)S(=O)(=O)c1cc(C(F)(F)F)ccc1Cl. The van der Waals surface area contributed by atoms with E-state index in [0.717, 1.165) is 6.07 Å². The summed E-state index contributed by atoms with van der Waals surface area (Å²) in [4.78, 5) is 10.8. The van der Waals surface area contributed by atoms with Crippen molar-refractivity contribution in [1.82, 2.24) is 4.31 Å². The number of likely N-dealkylation sites (N-methyl/N-ethyl adjacent to an activating group) is 1. The van der Waals surface area contributed by atoms with Gasteiger partial charge in [-0.15, -0.1) is 0 Å². The Hall–Kier alpha value is -1.32. The molecule has 0 fully saturated rings. The van der Waals surface area contributed by atoms with Gasteiger partial charge in [0, 0.05) is 6.54 Å². The van der Waals surface area contributed by atoms with Gasteiger partial charge in [-0.05, 0) is 25.1 Å². The number of ether oxygens (including phenoxy) is 1. The summed E-state index contributed by atoms with van der Waals surface area (Å²) in [5.74, 6) is -0.805. The van der Waals surface area contributed by atoms with Crippen molar-refractivity contribution in [1.29, 1.82) is 0 Å². The minimum atomic E-state index is -4.72. The number of hydrogen-bond donors (Lipinski definition) is 0. The van der Waals surface area contributed by atoms with E-state index in [2.05, 4.69) is 4.74 Å². The van der Waals surface area contributed by atoms with Crippen molar-refractivity contribution in [3.05, 3.63) is 28.8 Å². The Morgan fingerprint density at radius 2 is 1.91 bits per heavy atom. The molecule has 23 heavy (non-hydrogen) atoms. The summed E-state index contributed by atoms with van der Waals surface area (Å²) in [5, 5.41) is -0.361. The van der Waals surface area contributed by atoms with Gasteiger partial charge in [0.1, 0.15) is 11.4 Å². The van der Waals surface area contributed by atoms with Gasteiger partial charge in [0.05, 0.1) is 17.2 Å². The molecule has 0 aliphatic heterocycles. The molecule has 0 unspecified atom stereocenters. The zero-order chi connectivity index (χ0) is 17.8. The predicted octanol–water partition coefficient (Wildman–Crippen LogP) is 2.93. The molecular formula is C13H15ClF3NO4S. The number of benzene rings is 1. The molecule has 0 saturated carbocycles. The van der Waals surface area contributed by atoms with Crippen molar-refractivity contribution in [3.8, 4) is 0 Å². The normalized spacial score (nSPS) is 12.5. The van der Waals surface area contributed by atoms with E-state index in [-0.39, 0.29) is 18.2 Å². The van der Waals surface area contributed by atoms with Gasteiger partial charge in [0.15, 0.2) is 0 Å². The molecule has 1 aromatic carbocycles. The monoisotopic (exact) mass is 373 g/mol. The van der Waals surface area contributed by atoms with Gasteiger partial charge < -0.3 is 4.74 Å². The van der Waals surface area contributed by atoms with E-state index < -0.39 is 39.2 Å². The first-order valence-electron chi connectivity index (χ1n) is 6.56. The van der Waals surface area contributed by atoms with Gasteiger partial charge in [-0.1, -0.05) is 18.5 Å². The zero-order valence-electron chi connectivity index (χ0n) is 12.4. The molecule has 130 valence electrons. The third kappa shape index (κ3) is 4.82. The Kier molecular flexibility index (Phi) is 6.43. The summed E-state index contributed by atoms with van der Waals surface area (Å²) in [5.41, 5.74) is -1.15. The first-order valence-corrected chi connectivity index (χ1v) is 8.38. The van der Waals surface area contributed by atoms with E-state index >= 15 is 0 Å². The lowest BCUT2D eigenvalue weighted by atomic mass is 10.2. The predicted molar refractivity (Wildman–Crippen MR) is 77.5 cm³/mol. The minimum absolute atomic E-state index is 0.0563. The Balaban J connectivity index is 3.27. The average molecular weight is 374 g/mol. The highest BCUT2D eigenvalue weighted by Gasteiger charge is 2.34. The molecule has 0 spiro atoms. The van der Waals surface area contributed by atoms with E-state index in [1.807, 2.05) is 0 Å². The highest BCUT2D eigenvalue weighted by atomic mass is 35.5. The highest BCUT2D eigenvalue weighted by molar-refractivity contribution is 7.89. The van der Waals surface area contributed by atoms with Crippen LogP contribution in [0.2, 0.25) is 5.02 Å². The molecule has 0 heterocycles. The van der Waals surface area contributed by atoms with Gasteiger partial charge in [0.25, 0.3) is 0 Å². The van der Waals surface area contributed by atoms with Crippen LogP contribution in [0.25, 0.3) is 0 Å². The van der Waals surface area contributed by atoms with Crippen molar-refractivity contribution in [2.45, 2.75) is 24.9 Å². The smallest absolute Gasteiger partial charge is 0.416 e. The molecule has 0 saturated heterocycles. The molecule has 0 aliphatic carbocycles. The van der Waals surface area contributed by atoms with E-state index in [0.29, 0.717) is 16.4 Å². The van der Waals surface area contributed by atoms with Crippen LogP contribution in [0.5, 0.6) is 0 Å². The summed E-state index contributed by atoms with van der Waals surface area (Å²) < 4.78 is 68.6. The fourth-order valence-corrected chi connectivity index (χ4v) is 3.63. The number of hydrogen-bond acceptors (Lipinski definition) is 4. The molecule has 1 aromatic rings. The van der Waals surface area contributed by atoms with Crippen LogP contribution in [-0.4, -0.2) is 38.4 Å². The molecule has 1 rings (SSSR count). The Bertz CT molecular complexity index is 676. The van der Waals surface area contributed by atoms with Gasteiger partial charge in [-0.2, -0.15) is 17.5 Å². The summed E-state index contributed by atoms with van der Waals surface area (Å²) >= 11 is 5.74. The third-order valence-corrected chi connectivity index (χ3v) is 5.24. The molecule has 0 N–H and O–H groups in total. The maximum absolute atomic E-state index is 12.8. The highest BCUT2D eigenvalue weighted by Crippen LogP contribution is 2.34. The quantitative estimate of drug-likeness (QED) is 0.719. The maximum atomic E-state index is 12.8. The van der Waals surface area contributed by atoms with Crippen LogP contribution in [-0.2, 0) is 25.7 Å². The van der Waals surface area contributed by atoms with E-state index in [1.54, 1.807) is 6.92 Å². The lowest BCUT2D eigenvalue weighted by molar-refractivity contribution is -0.143. The second-order valence-electron chi connectivity index (χ2n) is 4.38. The van der Waals surface area contributed by atoms with Crippen molar-refractivity contribution in [3.63, 3.8) is 0 Å². The number of alkyl halides is 3. The van der Waals surface area contributed by atoms with Crippen LogP contribution in [0.4, 0.5) is 13.2 Å². The van der Waals surface area contributed by atoms with Crippen molar-refractivity contribution < 1.29 is 31.1 Å². The Morgan fingerprint density at radius 3 is 2.39 bits per heavy atom. The summed E-state index contributed by atoms with van der Waals surface area (Å²) in [7, 11) is -4.38. The summed E-state index contributed by atoms with van der Waals surface area (Å²) in [6, 6.07) is 1.99. The first kappa shape index (κ1) is 19.7. The fourth-order valence-electron chi connectivity index (χ4n) is 1.73. The molecule has 0 bridgehead atoms. The minimum Gasteiger partial charge on any atom is -0.465 e. The topological polar surface area (TPSA) is 63.7 Å². The van der Waals surface area contributed by atoms with Crippen LogP contribution in [0.1, 0.15) is 19.4 Å². The van der Waals surface area contributed by atoms with Gasteiger partial charge >= 0.3 is 12.1 Å².